The van der Waals surface area contributed by atoms with Crippen molar-refractivity contribution in [3.63, 3.8) is 0 Å². The molecule has 2 saturated heterocycles. The Morgan fingerprint density at radius 2 is 1.77 bits per heavy atom. The van der Waals surface area contributed by atoms with Gasteiger partial charge in [0.05, 0.1) is 10.0 Å². The van der Waals surface area contributed by atoms with E-state index in [9.17, 15) is 9.59 Å². The Bertz CT molecular complexity index is 1010. The third-order valence-corrected chi connectivity index (χ3v) is 8.17. The van der Waals surface area contributed by atoms with Crippen LogP contribution < -0.4 is 0 Å². The number of rotatable bonds is 8. The zero-order chi connectivity index (χ0) is 24.8. The number of benzene rings is 2. The lowest BCUT2D eigenvalue weighted by Crippen LogP contribution is -2.49. The standard InChI is InChI=1S/C28H35Cl2N3O2/c1-31(28(35)21-7-3-2-4-8-21)20-23(22-10-11-25(29)26(30)19-22)12-16-32-17-13-24(14-18-32)33-15-6-5-9-27(33)34/h2-4,7-8,10-11,19,23-24H,5-6,9,12-18,20H2,1H3. The van der Waals surface area contributed by atoms with Gasteiger partial charge in [0, 0.05) is 57.2 Å². The number of nitrogens with zero attached hydrogens (tertiary/aromatic N) is 3. The first kappa shape index (κ1) is 26.0. The van der Waals surface area contributed by atoms with Crippen LogP contribution in [0.5, 0.6) is 0 Å². The maximum absolute atomic E-state index is 13.0. The number of likely N-dealkylation sites (tertiary alicyclic amines) is 2. The van der Waals surface area contributed by atoms with Gasteiger partial charge in [0.2, 0.25) is 5.91 Å². The van der Waals surface area contributed by atoms with Gasteiger partial charge in [0.15, 0.2) is 0 Å². The summed E-state index contributed by atoms with van der Waals surface area (Å²) < 4.78 is 0. The molecule has 2 amide bonds. The summed E-state index contributed by atoms with van der Waals surface area (Å²) in [6.07, 6.45) is 5.86. The van der Waals surface area contributed by atoms with E-state index in [2.05, 4.69) is 9.80 Å². The molecule has 1 atom stereocenters. The third-order valence-electron chi connectivity index (χ3n) is 7.43. The SMILES string of the molecule is CN(CC(CCN1CCC(N2CCCCC2=O)CC1)c1ccc(Cl)c(Cl)c1)C(=O)c1ccccc1. The van der Waals surface area contributed by atoms with E-state index in [1.165, 1.54) is 0 Å². The van der Waals surface area contributed by atoms with Crippen LogP contribution in [-0.4, -0.2) is 72.3 Å². The molecule has 4 rings (SSSR count). The summed E-state index contributed by atoms with van der Waals surface area (Å²) >= 11 is 12.5. The zero-order valence-corrected chi connectivity index (χ0v) is 22.0. The first-order chi connectivity index (χ1) is 16.9. The zero-order valence-electron chi connectivity index (χ0n) is 20.5. The summed E-state index contributed by atoms with van der Waals surface area (Å²) in [5, 5.41) is 1.08. The van der Waals surface area contributed by atoms with Crippen LogP contribution >= 0.6 is 23.2 Å². The molecular weight excluding hydrogens is 481 g/mol. The molecule has 2 heterocycles. The van der Waals surface area contributed by atoms with Gasteiger partial charge in [-0.25, -0.2) is 0 Å². The Hall–Kier alpha value is -2.08. The number of carbonyl (C=O) groups is 2. The molecule has 5 nitrogen and oxygen atoms in total. The summed E-state index contributed by atoms with van der Waals surface area (Å²) in [6, 6.07) is 15.6. The van der Waals surface area contributed by atoms with E-state index in [0.29, 0.717) is 40.5 Å². The quantitative estimate of drug-likeness (QED) is 0.451. The van der Waals surface area contributed by atoms with E-state index in [1.54, 1.807) is 4.90 Å². The monoisotopic (exact) mass is 515 g/mol. The van der Waals surface area contributed by atoms with Crippen molar-refractivity contribution in [3.8, 4) is 0 Å². The van der Waals surface area contributed by atoms with E-state index in [4.69, 9.17) is 23.2 Å². The van der Waals surface area contributed by atoms with Crippen molar-refractivity contribution in [1.29, 1.82) is 0 Å². The van der Waals surface area contributed by atoms with Crippen LogP contribution in [0.4, 0.5) is 0 Å². The average Bonchev–Trinajstić information content (AvgIpc) is 2.89. The van der Waals surface area contributed by atoms with E-state index in [0.717, 1.165) is 63.8 Å². The first-order valence-corrected chi connectivity index (χ1v) is 13.4. The number of piperidine rings is 2. The maximum atomic E-state index is 13.0. The Morgan fingerprint density at radius 3 is 2.46 bits per heavy atom. The third kappa shape index (κ3) is 6.78. The van der Waals surface area contributed by atoms with E-state index >= 15 is 0 Å². The summed E-state index contributed by atoms with van der Waals surface area (Å²) in [6.45, 7) is 4.47. The minimum atomic E-state index is 0.0164. The number of carbonyl (C=O) groups excluding carboxylic acids is 2. The fourth-order valence-electron chi connectivity index (χ4n) is 5.35. The summed E-state index contributed by atoms with van der Waals surface area (Å²) in [5.41, 5.74) is 1.79. The van der Waals surface area contributed by atoms with Gasteiger partial charge in [-0.15, -0.1) is 0 Å². The highest BCUT2D eigenvalue weighted by Gasteiger charge is 2.29. The lowest BCUT2D eigenvalue weighted by atomic mass is 9.93. The molecule has 35 heavy (non-hydrogen) atoms. The summed E-state index contributed by atoms with van der Waals surface area (Å²) in [5.74, 6) is 0.493. The minimum Gasteiger partial charge on any atom is -0.341 e. The Morgan fingerprint density at radius 1 is 1.03 bits per heavy atom. The highest BCUT2D eigenvalue weighted by Crippen LogP contribution is 2.30. The lowest BCUT2D eigenvalue weighted by Gasteiger charge is -2.40. The molecule has 2 aromatic carbocycles. The molecule has 0 aliphatic carbocycles. The van der Waals surface area contributed by atoms with E-state index < -0.39 is 0 Å². The predicted octanol–water partition coefficient (Wildman–Crippen LogP) is 5.72. The number of likely N-dealkylation sites (N-methyl/N-ethyl adjacent to an activating group) is 1. The predicted molar refractivity (Wildman–Crippen MR) is 142 cm³/mol. The molecule has 188 valence electrons. The van der Waals surface area contributed by atoms with Gasteiger partial charge in [-0.05, 0) is 68.5 Å². The van der Waals surface area contributed by atoms with Gasteiger partial charge in [-0.2, -0.15) is 0 Å². The topological polar surface area (TPSA) is 43.9 Å². The van der Waals surface area contributed by atoms with Crippen LogP contribution in [0.15, 0.2) is 48.5 Å². The van der Waals surface area contributed by atoms with Crippen molar-refractivity contribution in [2.45, 2.75) is 50.5 Å². The van der Waals surface area contributed by atoms with Crippen molar-refractivity contribution in [2.75, 3.05) is 39.8 Å². The van der Waals surface area contributed by atoms with Crippen LogP contribution in [0.2, 0.25) is 10.0 Å². The number of amides is 2. The highest BCUT2D eigenvalue weighted by molar-refractivity contribution is 6.42. The molecule has 2 aromatic rings. The molecule has 0 saturated carbocycles. The fourth-order valence-corrected chi connectivity index (χ4v) is 5.66. The van der Waals surface area contributed by atoms with E-state index in [1.807, 2.05) is 55.6 Å². The van der Waals surface area contributed by atoms with Crippen LogP contribution in [-0.2, 0) is 4.79 Å². The van der Waals surface area contributed by atoms with Gasteiger partial charge >= 0.3 is 0 Å². The molecule has 0 bridgehead atoms. The number of hydrogen-bond acceptors (Lipinski definition) is 3. The smallest absolute Gasteiger partial charge is 0.253 e. The molecule has 0 radical (unpaired) electrons. The molecular formula is C28H35Cl2N3O2. The van der Waals surface area contributed by atoms with Crippen molar-refractivity contribution in [2.24, 2.45) is 0 Å². The second-order valence-corrected chi connectivity index (χ2v) is 10.6. The van der Waals surface area contributed by atoms with Crippen LogP contribution in [0.1, 0.15) is 60.4 Å². The number of hydrogen-bond donors (Lipinski definition) is 0. The Balaban J connectivity index is 1.38. The van der Waals surface area contributed by atoms with Gasteiger partial charge in [0.1, 0.15) is 0 Å². The fraction of sp³-hybridized carbons (Fsp3) is 0.500. The molecule has 2 aliphatic rings. The molecule has 0 spiro atoms. The lowest BCUT2D eigenvalue weighted by molar-refractivity contribution is -0.136. The Labute approximate surface area is 219 Å². The molecule has 2 fully saturated rings. The second kappa shape index (κ2) is 12.2. The molecule has 7 heteroatoms. The van der Waals surface area contributed by atoms with Crippen LogP contribution in [0.25, 0.3) is 0 Å². The van der Waals surface area contributed by atoms with Gasteiger partial charge in [-0.1, -0.05) is 47.5 Å². The van der Waals surface area contributed by atoms with Crippen molar-refractivity contribution in [1.82, 2.24) is 14.7 Å². The molecule has 0 aromatic heterocycles. The maximum Gasteiger partial charge on any atom is 0.253 e. The van der Waals surface area contributed by atoms with Gasteiger partial charge in [-0.3, -0.25) is 9.59 Å². The summed E-state index contributed by atoms with van der Waals surface area (Å²) in [4.78, 5) is 31.7. The highest BCUT2D eigenvalue weighted by atomic mass is 35.5. The van der Waals surface area contributed by atoms with Crippen molar-refractivity contribution < 1.29 is 9.59 Å². The van der Waals surface area contributed by atoms with Crippen molar-refractivity contribution in [3.05, 3.63) is 69.7 Å². The van der Waals surface area contributed by atoms with Gasteiger partial charge in [0.25, 0.3) is 5.91 Å². The van der Waals surface area contributed by atoms with Crippen LogP contribution in [0.3, 0.4) is 0 Å². The van der Waals surface area contributed by atoms with Crippen molar-refractivity contribution >= 4 is 35.0 Å². The van der Waals surface area contributed by atoms with Crippen LogP contribution in [0, 0.1) is 0 Å². The summed E-state index contributed by atoms with van der Waals surface area (Å²) in [7, 11) is 1.86. The van der Waals surface area contributed by atoms with Gasteiger partial charge < -0.3 is 14.7 Å². The second-order valence-electron chi connectivity index (χ2n) is 9.83. The largest absolute Gasteiger partial charge is 0.341 e. The Kier molecular flexibility index (Phi) is 9.10. The van der Waals surface area contributed by atoms with E-state index in [-0.39, 0.29) is 11.8 Å². The normalized spacial score (nSPS) is 18.5. The first-order valence-electron chi connectivity index (χ1n) is 12.7. The molecule has 2 aliphatic heterocycles. The minimum absolute atomic E-state index is 0.0164. The number of halogens is 2. The molecule has 0 N–H and O–H groups in total. The molecule has 1 unspecified atom stereocenters. The average molecular weight is 517 g/mol.